The van der Waals surface area contributed by atoms with Gasteiger partial charge in [-0.15, -0.1) is 11.3 Å². The minimum atomic E-state index is -0.402. The molecule has 0 radical (unpaired) electrons. The van der Waals surface area contributed by atoms with Crippen molar-refractivity contribution in [1.29, 1.82) is 0 Å². The van der Waals surface area contributed by atoms with Crippen molar-refractivity contribution in [2.24, 2.45) is 5.92 Å². The third-order valence-electron chi connectivity index (χ3n) is 6.08. The summed E-state index contributed by atoms with van der Waals surface area (Å²) in [5, 5.41) is 14.9. The van der Waals surface area contributed by atoms with Crippen LogP contribution in [0.1, 0.15) is 46.5 Å². The third-order valence-corrected chi connectivity index (χ3v) is 7.29. The topological polar surface area (TPSA) is 102 Å². The van der Waals surface area contributed by atoms with Gasteiger partial charge in [0, 0.05) is 30.0 Å². The Morgan fingerprint density at radius 3 is 2.61 bits per heavy atom. The quantitative estimate of drug-likeness (QED) is 0.423. The van der Waals surface area contributed by atoms with Gasteiger partial charge in [-0.05, 0) is 50.2 Å². The van der Waals surface area contributed by atoms with Crippen LogP contribution in [0.25, 0.3) is 0 Å². The molecule has 8 nitrogen and oxygen atoms in total. The maximum atomic E-state index is 13.0. The van der Waals surface area contributed by atoms with Gasteiger partial charge in [-0.25, -0.2) is 4.79 Å². The number of nitro benzene ring substituents is 1. The van der Waals surface area contributed by atoms with Gasteiger partial charge < -0.3 is 15.0 Å². The Morgan fingerprint density at radius 2 is 1.90 bits per heavy atom. The highest BCUT2D eigenvalue weighted by molar-refractivity contribution is 7.17. The lowest BCUT2D eigenvalue weighted by molar-refractivity contribution is -0.384. The highest BCUT2D eigenvalue weighted by Crippen LogP contribution is 2.39. The number of nitrogens with one attached hydrogen (secondary N) is 1. The molecule has 1 aliphatic heterocycles. The van der Waals surface area contributed by atoms with Gasteiger partial charge in [0.2, 0.25) is 5.91 Å². The molecule has 1 aromatic heterocycles. The number of hydrogen-bond acceptors (Lipinski definition) is 7. The first-order valence-electron chi connectivity index (χ1n) is 10.5. The van der Waals surface area contributed by atoms with Gasteiger partial charge >= 0.3 is 5.97 Å². The van der Waals surface area contributed by atoms with Crippen LogP contribution in [0.5, 0.6) is 0 Å². The minimum Gasteiger partial charge on any atom is -0.465 e. The zero-order valence-electron chi connectivity index (χ0n) is 17.4. The fraction of sp³-hybridized carbons (Fsp3) is 0.455. The molecular weight excluding hydrogens is 418 g/mol. The number of hydrogen-bond donors (Lipinski definition) is 1. The molecule has 1 aromatic carbocycles. The molecule has 164 valence electrons. The minimum absolute atomic E-state index is 0.0808. The van der Waals surface area contributed by atoms with Crippen molar-refractivity contribution >= 4 is 39.6 Å². The van der Waals surface area contributed by atoms with E-state index in [2.05, 4.69) is 5.32 Å². The number of ether oxygens (including phenoxy) is 1. The number of benzene rings is 1. The average Bonchev–Trinajstić information content (AvgIpc) is 3.16. The average molecular weight is 444 g/mol. The van der Waals surface area contributed by atoms with E-state index in [-0.39, 0.29) is 22.4 Å². The van der Waals surface area contributed by atoms with E-state index in [4.69, 9.17) is 4.74 Å². The van der Waals surface area contributed by atoms with Crippen molar-refractivity contribution in [2.75, 3.05) is 30.4 Å². The fourth-order valence-corrected chi connectivity index (χ4v) is 5.73. The summed E-state index contributed by atoms with van der Waals surface area (Å²) in [5.74, 6) is -0.712. The molecule has 1 N–H and O–H groups in total. The number of carbonyl (C=O) groups is 2. The van der Waals surface area contributed by atoms with E-state index in [1.54, 1.807) is 18.2 Å². The Labute approximate surface area is 184 Å². The van der Waals surface area contributed by atoms with Crippen molar-refractivity contribution in [3.8, 4) is 0 Å². The van der Waals surface area contributed by atoms with Crippen molar-refractivity contribution in [2.45, 2.75) is 38.5 Å². The number of piperidine rings is 1. The number of para-hydroxylation sites is 2. The molecule has 0 atom stereocenters. The molecule has 2 aliphatic rings. The number of thiophene rings is 1. The Balaban J connectivity index is 1.45. The number of anilines is 2. The molecule has 4 rings (SSSR count). The third kappa shape index (κ3) is 4.27. The molecule has 31 heavy (non-hydrogen) atoms. The van der Waals surface area contributed by atoms with Gasteiger partial charge in [-0.3, -0.25) is 14.9 Å². The number of nitrogens with zero attached hydrogens (tertiary/aromatic N) is 2. The predicted octanol–water partition coefficient (Wildman–Crippen LogP) is 4.18. The summed E-state index contributed by atoms with van der Waals surface area (Å²) in [5.41, 5.74) is 2.19. The Morgan fingerprint density at radius 1 is 1.19 bits per heavy atom. The zero-order valence-corrected chi connectivity index (χ0v) is 18.2. The van der Waals surface area contributed by atoms with Crippen LogP contribution >= 0.6 is 11.3 Å². The van der Waals surface area contributed by atoms with Crippen molar-refractivity contribution in [3.05, 3.63) is 50.4 Å². The molecule has 2 heterocycles. The molecule has 0 saturated carbocycles. The van der Waals surface area contributed by atoms with E-state index in [1.165, 1.54) is 24.5 Å². The summed E-state index contributed by atoms with van der Waals surface area (Å²) in [6.45, 7) is 1.13. The smallest absolute Gasteiger partial charge is 0.341 e. The summed E-state index contributed by atoms with van der Waals surface area (Å²) in [4.78, 5) is 39.4. The SMILES string of the molecule is COC(=O)c1c(NC(=O)C2CCN(c3ccccc3[N+](=O)[O-])CC2)sc2c1CCCC2. The maximum absolute atomic E-state index is 13.0. The number of nitro groups is 1. The summed E-state index contributed by atoms with van der Waals surface area (Å²) in [6, 6.07) is 6.69. The van der Waals surface area contributed by atoms with E-state index in [9.17, 15) is 19.7 Å². The van der Waals surface area contributed by atoms with Crippen LogP contribution in [0, 0.1) is 16.0 Å². The number of amides is 1. The number of carbonyl (C=O) groups excluding carboxylic acids is 2. The normalized spacial score (nSPS) is 16.5. The molecular formula is C22H25N3O5S. The standard InChI is InChI=1S/C22H25N3O5S/c1-30-22(27)19-15-6-2-5-9-18(15)31-21(19)23-20(26)14-10-12-24(13-11-14)16-7-3-4-8-17(16)25(28)29/h3-4,7-8,14H,2,5-6,9-13H2,1H3,(H,23,26). The van der Waals surface area contributed by atoms with Crippen LogP contribution in [-0.4, -0.2) is 37.0 Å². The van der Waals surface area contributed by atoms with Crippen LogP contribution in [0.15, 0.2) is 24.3 Å². The molecule has 0 unspecified atom stereocenters. The Hall–Kier alpha value is -2.94. The summed E-state index contributed by atoms with van der Waals surface area (Å²) in [6.07, 6.45) is 5.07. The van der Waals surface area contributed by atoms with Gasteiger partial charge in [0.1, 0.15) is 10.7 Å². The van der Waals surface area contributed by atoms with Gasteiger partial charge in [-0.2, -0.15) is 0 Å². The predicted molar refractivity (Wildman–Crippen MR) is 119 cm³/mol. The Kier molecular flexibility index (Phi) is 6.22. The second-order valence-electron chi connectivity index (χ2n) is 7.90. The molecule has 1 aliphatic carbocycles. The van der Waals surface area contributed by atoms with Crippen molar-refractivity contribution in [1.82, 2.24) is 0 Å². The zero-order chi connectivity index (χ0) is 22.0. The van der Waals surface area contributed by atoms with E-state index in [0.29, 0.717) is 42.2 Å². The number of aryl methyl sites for hydroxylation is 1. The highest BCUT2D eigenvalue weighted by atomic mass is 32.1. The first-order valence-corrected chi connectivity index (χ1v) is 11.3. The second-order valence-corrected chi connectivity index (χ2v) is 9.01. The number of fused-ring (bicyclic) bond motifs is 1. The van der Waals surface area contributed by atoms with Crippen LogP contribution in [0.4, 0.5) is 16.4 Å². The van der Waals surface area contributed by atoms with Gasteiger partial charge in [-0.1, -0.05) is 12.1 Å². The molecule has 1 saturated heterocycles. The van der Waals surface area contributed by atoms with E-state index >= 15 is 0 Å². The summed E-state index contributed by atoms with van der Waals surface area (Å²) in [7, 11) is 1.36. The van der Waals surface area contributed by atoms with Crippen molar-refractivity contribution in [3.63, 3.8) is 0 Å². The lowest BCUT2D eigenvalue weighted by Gasteiger charge is -2.32. The molecule has 0 bridgehead atoms. The van der Waals surface area contributed by atoms with Crippen LogP contribution in [0.3, 0.4) is 0 Å². The monoisotopic (exact) mass is 443 g/mol. The second kappa shape index (κ2) is 9.05. The summed E-state index contributed by atoms with van der Waals surface area (Å²) < 4.78 is 4.98. The molecule has 1 amide bonds. The van der Waals surface area contributed by atoms with Crippen LogP contribution in [0.2, 0.25) is 0 Å². The Bertz CT molecular complexity index is 1010. The number of esters is 1. The van der Waals surface area contributed by atoms with Crippen molar-refractivity contribution < 1.29 is 19.2 Å². The van der Waals surface area contributed by atoms with Gasteiger partial charge in [0.05, 0.1) is 17.6 Å². The molecule has 2 aromatic rings. The van der Waals surface area contributed by atoms with Crippen LogP contribution in [-0.2, 0) is 22.4 Å². The summed E-state index contributed by atoms with van der Waals surface area (Å²) >= 11 is 1.48. The maximum Gasteiger partial charge on any atom is 0.341 e. The highest BCUT2D eigenvalue weighted by Gasteiger charge is 2.31. The van der Waals surface area contributed by atoms with Gasteiger partial charge in [0.25, 0.3) is 5.69 Å². The first-order chi connectivity index (χ1) is 15.0. The molecule has 9 heteroatoms. The molecule has 1 fully saturated rings. The van der Waals surface area contributed by atoms with E-state index in [1.807, 2.05) is 4.90 Å². The number of methoxy groups -OCH3 is 1. The lowest BCUT2D eigenvalue weighted by atomic mass is 9.94. The first kappa shape index (κ1) is 21.3. The number of rotatable bonds is 5. The van der Waals surface area contributed by atoms with Gasteiger partial charge in [0.15, 0.2) is 0 Å². The molecule has 0 spiro atoms. The van der Waals surface area contributed by atoms with E-state index < -0.39 is 5.97 Å². The fourth-order valence-electron chi connectivity index (χ4n) is 4.45. The van der Waals surface area contributed by atoms with E-state index in [0.717, 1.165) is 36.1 Å². The largest absolute Gasteiger partial charge is 0.465 e. The lowest BCUT2D eigenvalue weighted by Crippen LogP contribution is -2.38. The van der Waals surface area contributed by atoms with Crippen LogP contribution < -0.4 is 10.2 Å².